The number of furan rings is 1. The maximum Gasteiger partial charge on any atom is 0.371 e. The quantitative estimate of drug-likeness (QED) is 0.880. The van der Waals surface area contributed by atoms with Gasteiger partial charge in [-0.3, -0.25) is 0 Å². The van der Waals surface area contributed by atoms with Gasteiger partial charge < -0.3 is 14.8 Å². The first kappa shape index (κ1) is 14.3. The Kier molecular flexibility index (Phi) is 4.20. The van der Waals surface area contributed by atoms with Gasteiger partial charge in [0, 0.05) is 18.2 Å². The molecule has 106 valence electrons. The van der Waals surface area contributed by atoms with Gasteiger partial charge in [-0.1, -0.05) is 12.1 Å². The van der Waals surface area contributed by atoms with Crippen molar-refractivity contribution in [3.8, 4) is 0 Å². The van der Waals surface area contributed by atoms with Crippen molar-refractivity contribution in [2.45, 2.75) is 26.4 Å². The van der Waals surface area contributed by atoms with Gasteiger partial charge in [-0.2, -0.15) is 0 Å². The van der Waals surface area contributed by atoms with Crippen LogP contribution in [-0.2, 0) is 6.54 Å². The monoisotopic (exact) mass is 277 g/mol. The highest BCUT2D eigenvalue weighted by Crippen LogP contribution is 2.18. The number of aromatic carboxylic acids is 1. The summed E-state index contributed by atoms with van der Waals surface area (Å²) in [4.78, 5) is 10.8. The maximum absolute atomic E-state index is 13.1. The molecule has 0 aliphatic carbocycles. The first-order chi connectivity index (χ1) is 9.47. The second kappa shape index (κ2) is 5.88. The summed E-state index contributed by atoms with van der Waals surface area (Å²) >= 11 is 0. The number of halogens is 1. The third kappa shape index (κ3) is 3.24. The minimum atomic E-state index is -1.09. The van der Waals surface area contributed by atoms with Crippen LogP contribution in [0.2, 0.25) is 0 Å². The number of carbonyl (C=O) groups is 1. The van der Waals surface area contributed by atoms with Crippen LogP contribution in [0.4, 0.5) is 4.39 Å². The van der Waals surface area contributed by atoms with E-state index in [0.717, 1.165) is 11.1 Å². The summed E-state index contributed by atoms with van der Waals surface area (Å²) in [5.74, 6) is -0.861. The van der Waals surface area contributed by atoms with Crippen LogP contribution in [0.5, 0.6) is 0 Å². The Morgan fingerprint density at radius 2 is 2.20 bits per heavy atom. The number of hydrogen-bond acceptors (Lipinski definition) is 3. The molecular weight excluding hydrogens is 261 g/mol. The highest BCUT2D eigenvalue weighted by Gasteiger charge is 2.14. The molecule has 0 saturated carbocycles. The van der Waals surface area contributed by atoms with E-state index >= 15 is 0 Å². The summed E-state index contributed by atoms with van der Waals surface area (Å²) in [5, 5.41) is 12.1. The van der Waals surface area contributed by atoms with Crippen LogP contribution in [-0.4, -0.2) is 11.1 Å². The van der Waals surface area contributed by atoms with Gasteiger partial charge in [0.05, 0.1) is 0 Å². The zero-order chi connectivity index (χ0) is 14.7. The molecule has 0 spiro atoms. The zero-order valence-corrected chi connectivity index (χ0v) is 11.3. The number of carboxylic acid groups (broad SMARTS) is 1. The van der Waals surface area contributed by atoms with Crippen molar-refractivity contribution >= 4 is 5.97 Å². The molecule has 5 heteroatoms. The summed E-state index contributed by atoms with van der Waals surface area (Å²) in [5.41, 5.74) is 1.62. The van der Waals surface area contributed by atoms with Crippen LogP contribution >= 0.6 is 0 Å². The Morgan fingerprint density at radius 1 is 1.45 bits per heavy atom. The smallest absolute Gasteiger partial charge is 0.371 e. The average molecular weight is 277 g/mol. The number of benzene rings is 1. The standard InChI is InChI=1S/C15H16FNO3/c1-9(11-4-3-5-13(16)6-11)17-8-12-7-14(15(18)19)20-10(12)2/h3-7,9,17H,8H2,1-2H3,(H,18,19)/t9-/m0/s1. The Hall–Kier alpha value is -2.14. The Morgan fingerprint density at radius 3 is 2.80 bits per heavy atom. The van der Waals surface area contributed by atoms with E-state index in [2.05, 4.69) is 5.32 Å². The molecule has 0 unspecified atom stereocenters. The number of nitrogens with one attached hydrogen (secondary N) is 1. The van der Waals surface area contributed by atoms with Gasteiger partial charge in [0.2, 0.25) is 5.76 Å². The normalized spacial score (nSPS) is 12.3. The second-order valence-corrected chi connectivity index (χ2v) is 4.65. The SMILES string of the molecule is Cc1oc(C(=O)O)cc1CN[C@@H](C)c1cccc(F)c1. The minimum Gasteiger partial charge on any atom is -0.475 e. The van der Waals surface area contributed by atoms with E-state index in [9.17, 15) is 9.18 Å². The molecular formula is C15H16FNO3. The van der Waals surface area contributed by atoms with Crippen molar-refractivity contribution in [3.05, 3.63) is 58.8 Å². The van der Waals surface area contributed by atoms with E-state index in [-0.39, 0.29) is 17.6 Å². The molecule has 0 amide bonds. The van der Waals surface area contributed by atoms with E-state index < -0.39 is 5.97 Å². The van der Waals surface area contributed by atoms with Crippen LogP contribution < -0.4 is 5.32 Å². The summed E-state index contributed by atoms with van der Waals surface area (Å²) in [6.07, 6.45) is 0. The Labute approximate surface area is 116 Å². The predicted molar refractivity (Wildman–Crippen MR) is 72.1 cm³/mol. The minimum absolute atomic E-state index is 0.0479. The lowest BCUT2D eigenvalue weighted by Crippen LogP contribution is -2.18. The molecule has 0 radical (unpaired) electrons. The van der Waals surface area contributed by atoms with Gasteiger partial charge in [-0.25, -0.2) is 9.18 Å². The zero-order valence-electron chi connectivity index (χ0n) is 11.3. The molecule has 2 N–H and O–H groups in total. The average Bonchev–Trinajstić information content (AvgIpc) is 2.77. The fourth-order valence-corrected chi connectivity index (χ4v) is 1.96. The van der Waals surface area contributed by atoms with E-state index in [4.69, 9.17) is 9.52 Å². The first-order valence-corrected chi connectivity index (χ1v) is 6.29. The molecule has 2 aromatic rings. The summed E-state index contributed by atoms with van der Waals surface area (Å²) in [6.45, 7) is 4.10. The van der Waals surface area contributed by atoms with Crippen LogP contribution in [0, 0.1) is 12.7 Å². The molecule has 0 saturated heterocycles. The van der Waals surface area contributed by atoms with Gasteiger partial charge >= 0.3 is 5.97 Å². The van der Waals surface area contributed by atoms with Crippen molar-refractivity contribution in [1.82, 2.24) is 5.32 Å². The van der Waals surface area contributed by atoms with Crippen LogP contribution in [0.1, 0.15) is 40.4 Å². The number of rotatable bonds is 5. The van der Waals surface area contributed by atoms with Crippen molar-refractivity contribution in [2.75, 3.05) is 0 Å². The molecule has 0 fully saturated rings. The van der Waals surface area contributed by atoms with Gasteiger partial charge in [0.25, 0.3) is 0 Å². The summed E-state index contributed by atoms with van der Waals surface area (Å²) in [6, 6.07) is 7.83. The van der Waals surface area contributed by atoms with E-state index in [1.54, 1.807) is 13.0 Å². The third-order valence-electron chi connectivity index (χ3n) is 3.18. The Balaban J connectivity index is 2.03. The largest absolute Gasteiger partial charge is 0.475 e. The molecule has 1 aromatic heterocycles. The lowest BCUT2D eigenvalue weighted by molar-refractivity contribution is 0.0661. The summed E-state index contributed by atoms with van der Waals surface area (Å²) in [7, 11) is 0. The predicted octanol–water partition coefficient (Wildman–Crippen LogP) is 3.28. The van der Waals surface area contributed by atoms with Crippen LogP contribution in [0.15, 0.2) is 34.7 Å². The number of aryl methyl sites for hydroxylation is 1. The van der Waals surface area contributed by atoms with Crippen LogP contribution in [0.3, 0.4) is 0 Å². The topological polar surface area (TPSA) is 62.5 Å². The van der Waals surface area contributed by atoms with E-state index in [1.807, 2.05) is 13.0 Å². The van der Waals surface area contributed by atoms with Crippen LogP contribution in [0.25, 0.3) is 0 Å². The highest BCUT2D eigenvalue weighted by molar-refractivity contribution is 5.84. The van der Waals surface area contributed by atoms with Gasteiger partial charge in [0.15, 0.2) is 0 Å². The summed E-state index contributed by atoms with van der Waals surface area (Å²) < 4.78 is 18.3. The molecule has 0 bridgehead atoms. The fourth-order valence-electron chi connectivity index (χ4n) is 1.96. The van der Waals surface area contributed by atoms with E-state index in [0.29, 0.717) is 12.3 Å². The van der Waals surface area contributed by atoms with Crippen molar-refractivity contribution in [2.24, 2.45) is 0 Å². The molecule has 20 heavy (non-hydrogen) atoms. The number of carboxylic acids is 1. The number of hydrogen-bond donors (Lipinski definition) is 2. The molecule has 0 aliphatic rings. The van der Waals surface area contributed by atoms with Crippen molar-refractivity contribution < 1.29 is 18.7 Å². The highest BCUT2D eigenvalue weighted by atomic mass is 19.1. The van der Waals surface area contributed by atoms with Gasteiger partial charge in [-0.05, 0) is 37.6 Å². The van der Waals surface area contributed by atoms with Gasteiger partial charge in [-0.15, -0.1) is 0 Å². The molecule has 2 rings (SSSR count). The first-order valence-electron chi connectivity index (χ1n) is 6.29. The molecule has 1 aromatic carbocycles. The molecule has 1 atom stereocenters. The van der Waals surface area contributed by atoms with E-state index in [1.165, 1.54) is 18.2 Å². The lowest BCUT2D eigenvalue weighted by Gasteiger charge is -2.13. The fraction of sp³-hybridized carbons (Fsp3) is 0.267. The lowest BCUT2D eigenvalue weighted by atomic mass is 10.1. The second-order valence-electron chi connectivity index (χ2n) is 4.65. The van der Waals surface area contributed by atoms with Crippen molar-refractivity contribution in [1.29, 1.82) is 0 Å². The van der Waals surface area contributed by atoms with Crippen molar-refractivity contribution in [3.63, 3.8) is 0 Å². The maximum atomic E-state index is 13.1. The van der Waals surface area contributed by atoms with Gasteiger partial charge in [0.1, 0.15) is 11.6 Å². The molecule has 0 aliphatic heterocycles. The molecule has 4 nitrogen and oxygen atoms in total. The molecule has 1 heterocycles. The Bertz CT molecular complexity index is 621. The third-order valence-corrected chi connectivity index (χ3v) is 3.18.